The Kier molecular flexibility index (Phi) is 5.32. The van der Waals surface area contributed by atoms with Crippen LogP contribution >= 0.6 is 0 Å². The predicted octanol–water partition coefficient (Wildman–Crippen LogP) is 3.34. The van der Waals surface area contributed by atoms with Crippen molar-refractivity contribution in [2.45, 2.75) is 51.5 Å². The largest absolute Gasteiger partial charge is 0.468 e. The Morgan fingerprint density at radius 1 is 1.35 bits per heavy atom. The number of rotatable bonds is 6. The molecule has 0 radical (unpaired) electrons. The lowest BCUT2D eigenvalue weighted by molar-refractivity contribution is -0.154. The summed E-state index contributed by atoms with van der Waals surface area (Å²) < 4.78 is 41.9. The van der Waals surface area contributed by atoms with E-state index in [1.54, 1.807) is 30.9 Å². The van der Waals surface area contributed by atoms with E-state index in [0.717, 1.165) is 12.8 Å². The third-order valence-corrected chi connectivity index (χ3v) is 5.38. The molecule has 0 bridgehead atoms. The molecule has 1 unspecified atom stereocenters. The van der Waals surface area contributed by atoms with Gasteiger partial charge in [0.15, 0.2) is 6.61 Å². The van der Waals surface area contributed by atoms with Crippen LogP contribution in [-0.4, -0.2) is 45.5 Å². The van der Waals surface area contributed by atoms with Crippen molar-refractivity contribution >= 4 is 11.8 Å². The molecule has 31 heavy (non-hydrogen) atoms. The van der Waals surface area contributed by atoms with Gasteiger partial charge in [0.25, 0.3) is 11.8 Å². The molecule has 7 nitrogen and oxygen atoms in total. The van der Waals surface area contributed by atoms with Gasteiger partial charge in [0.1, 0.15) is 5.69 Å². The summed E-state index contributed by atoms with van der Waals surface area (Å²) >= 11 is 0. The second kappa shape index (κ2) is 7.82. The summed E-state index contributed by atoms with van der Waals surface area (Å²) in [6.07, 6.45) is 0.283. The zero-order valence-electron chi connectivity index (χ0n) is 17.0. The Bertz CT molecular complexity index is 1040. The minimum atomic E-state index is -4.45. The van der Waals surface area contributed by atoms with Crippen molar-refractivity contribution in [2.24, 2.45) is 0 Å². The minimum Gasteiger partial charge on any atom is -0.468 e. The summed E-state index contributed by atoms with van der Waals surface area (Å²) in [5.41, 5.74) is 2.33. The average Bonchev–Trinajstić information content (AvgIpc) is 3.46. The van der Waals surface area contributed by atoms with Gasteiger partial charge in [-0.05, 0) is 44.4 Å². The Hall–Kier alpha value is -3.17. The Balaban J connectivity index is 1.52. The highest BCUT2D eigenvalue weighted by Crippen LogP contribution is 2.33. The number of ether oxygens (including phenoxy) is 1. The summed E-state index contributed by atoms with van der Waals surface area (Å²) in [6.45, 7) is 2.18. The molecule has 0 saturated heterocycles. The van der Waals surface area contributed by atoms with Crippen molar-refractivity contribution in [3.05, 3.63) is 52.5 Å². The summed E-state index contributed by atoms with van der Waals surface area (Å²) in [5.74, 6) is -0.627. The van der Waals surface area contributed by atoms with E-state index in [0.29, 0.717) is 22.3 Å². The topological polar surface area (TPSA) is 84.4 Å². The number of halogens is 3. The van der Waals surface area contributed by atoms with E-state index >= 15 is 0 Å². The summed E-state index contributed by atoms with van der Waals surface area (Å²) in [5, 5.41) is 2.89. The van der Waals surface area contributed by atoms with Crippen LogP contribution in [0.3, 0.4) is 0 Å². The van der Waals surface area contributed by atoms with Crippen LogP contribution in [-0.2, 0) is 6.54 Å². The average molecular weight is 434 g/mol. The number of carbonyl (C=O) groups excluding carboxylic acids is 2. The molecule has 0 aromatic carbocycles. The first-order chi connectivity index (χ1) is 14.6. The van der Waals surface area contributed by atoms with Gasteiger partial charge in [0.05, 0.1) is 6.04 Å². The Morgan fingerprint density at radius 2 is 2.10 bits per heavy atom. The zero-order chi connectivity index (χ0) is 22.3. The monoisotopic (exact) mass is 434 g/mol. The van der Waals surface area contributed by atoms with Gasteiger partial charge in [-0.1, -0.05) is 0 Å². The lowest BCUT2D eigenvalue weighted by Gasteiger charge is -2.25. The first-order valence-corrected chi connectivity index (χ1v) is 9.90. The molecule has 0 spiro atoms. The number of fused-ring (bicyclic) bond motifs is 1. The highest BCUT2D eigenvalue weighted by Gasteiger charge is 2.36. The van der Waals surface area contributed by atoms with Crippen LogP contribution < -0.4 is 10.1 Å². The first-order valence-electron chi connectivity index (χ1n) is 9.90. The Morgan fingerprint density at radius 3 is 2.74 bits per heavy atom. The molecule has 4 rings (SSSR count). The van der Waals surface area contributed by atoms with E-state index in [1.165, 1.54) is 12.4 Å². The van der Waals surface area contributed by atoms with E-state index in [-0.39, 0.29) is 36.0 Å². The lowest BCUT2D eigenvalue weighted by Crippen LogP contribution is -2.28. The number of pyridine rings is 2. The van der Waals surface area contributed by atoms with Crippen molar-refractivity contribution < 1.29 is 27.5 Å². The number of alkyl halides is 3. The fraction of sp³-hybridized carbons (Fsp3) is 0.429. The van der Waals surface area contributed by atoms with E-state index in [4.69, 9.17) is 4.74 Å². The van der Waals surface area contributed by atoms with E-state index in [9.17, 15) is 22.8 Å². The molecule has 1 aliphatic carbocycles. The van der Waals surface area contributed by atoms with Crippen molar-refractivity contribution in [3.8, 4) is 5.88 Å². The lowest BCUT2D eigenvalue weighted by atomic mass is 10.1. The van der Waals surface area contributed by atoms with Crippen LogP contribution in [0.25, 0.3) is 0 Å². The maximum atomic E-state index is 13.0. The molecule has 1 saturated carbocycles. The second-order valence-electron chi connectivity index (χ2n) is 7.84. The quantitative estimate of drug-likeness (QED) is 0.754. The molecule has 164 valence electrons. The van der Waals surface area contributed by atoms with E-state index in [1.807, 2.05) is 0 Å². The maximum Gasteiger partial charge on any atom is 0.422 e. The zero-order valence-corrected chi connectivity index (χ0v) is 17.0. The van der Waals surface area contributed by atoms with E-state index in [2.05, 4.69) is 15.3 Å². The van der Waals surface area contributed by atoms with Gasteiger partial charge in [0, 0.05) is 41.7 Å². The number of hydrogen-bond donors (Lipinski definition) is 1. The molecule has 3 heterocycles. The molecule has 2 amide bonds. The fourth-order valence-corrected chi connectivity index (χ4v) is 3.53. The van der Waals surface area contributed by atoms with Crippen molar-refractivity contribution in [1.29, 1.82) is 0 Å². The summed E-state index contributed by atoms with van der Waals surface area (Å²) in [6, 6.07) is 3.00. The van der Waals surface area contributed by atoms with Gasteiger partial charge in [0.2, 0.25) is 5.88 Å². The summed E-state index contributed by atoms with van der Waals surface area (Å²) in [7, 11) is 0. The SMILES string of the molecule is Cc1cc(C(C)N2Cc3c(ccnc3C(=O)NC3CC3)C2=O)cnc1OCC(F)(F)F. The number of nitrogens with zero attached hydrogens (tertiary/aromatic N) is 3. The minimum absolute atomic E-state index is 0.104. The van der Waals surface area contributed by atoms with Crippen molar-refractivity contribution in [3.63, 3.8) is 0 Å². The normalized spacial score (nSPS) is 16.8. The molecule has 2 aliphatic rings. The van der Waals surface area contributed by atoms with Crippen LogP contribution in [0.4, 0.5) is 13.2 Å². The van der Waals surface area contributed by atoms with Gasteiger partial charge in [-0.3, -0.25) is 14.6 Å². The van der Waals surface area contributed by atoms with Crippen LogP contribution in [0.5, 0.6) is 5.88 Å². The molecule has 1 N–H and O–H groups in total. The molecule has 1 atom stereocenters. The standard InChI is InChI=1S/C21H21F3N4O3/c1-11-7-13(8-26-19(11)31-10-21(22,23)24)12(2)28-9-16-15(20(28)30)5-6-25-17(16)18(29)27-14-3-4-14/h5-8,12,14H,3-4,9-10H2,1-2H3,(H,27,29). The smallest absolute Gasteiger partial charge is 0.422 e. The fourth-order valence-electron chi connectivity index (χ4n) is 3.53. The number of carbonyl (C=O) groups is 2. The number of amides is 2. The van der Waals surface area contributed by atoms with Crippen LogP contribution in [0.2, 0.25) is 0 Å². The second-order valence-corrected chi connectivity index (χ2v) is 7.84. The van der Waals surface area contributed by atoms with Gasteiger partial charge in [-0.15, -0.1) is 0 Å². The predicted molar refractivity (Wildman–Crippen MR) is 104 cm³/mol. The van der Waals surface area contributed by atoms with Gasteiger partial charge in [-0.2, -0.15) is 13.2 Å². The Labute approximate surface area is 176 Å². The molecular weight excluding hydrogens is 413 g/mol. The van der Waals surface area contributed by atoms with Crippen molar-refractivity contribution in [1.82, 2.24) is 20.2 Å². The third kappa shape index (κ3) is 4.47. The highest BCUT2D eigenvalue weighted by atomic mass is 19.4. The van der Waals surface area contributed by atoms with Gasteiger partial charge in [-0.25, -0.2) is 4.98 Å². The molecule has 1 fully saturated rings. The van der Waals surface area contributed by atoms with E-state index < -0.39 is 18.8 Å². The maximum absolute atomic E-state index is 13.0. The molecule has 10 heteroatoms. The number of hydrogen-bond acceptors (Lipinski definition) is 5. The number of aryl methyl sites for hydroxylation is 1. The number of aromatic nitrogens is 2. The molecule has 2 aromatic heterocycles. The van der Waals surface area contributed by atoms with Crippen LogP contribution in [0.1, 0.15) is 63.3 Å². The molecule has 2 aromatic rings. The third-order valence-electron chi connectivity index (χ3n) is 5.38. The number of nitrogens with one attached hydrogen (secondary N) is 1. The van der Waals surface area contributed by atoms with Gasteiger partial charge >= 0.3 is 6.18 Å². The molecular formula is C21H21F3N4O3. The van der Waals surface area contributed by atoms with Crippen LogP contribution in [0, 0.1) is 6.92 Å². The summed E-state index contributed by atoms with van der Waals surface area (Å²) in [4.78, 5) is 35.3. The van der Waals surface area contributed by atoms with Crippen molar-refractivity contribution in [2.75, 3.05) is 6.61 Å². The van der Waals surface area contributed by atoms with Gasteiger partial charge < -0.3 is 15.0 Å². The first kappa shape index (κ1) is 21.1. The van der Waals surface area contributed by atoms with Crippen LogP contribution in [0.15, 0.2) is 24.5 Å². The molecule has 1 aliphatic heterocycles. The highest BCUT2D eigenvalue weighted by molar-refractivity contribution is 6.03.